The number of rotatable bonds is 2. The van der Waals surface area contributed by atoms with Crippen LogP contribution in [0.2, 0.25) is 0 Å². The van der Waals surface area contributed by atoms with Crippen LogP contribution in [0.1, 0.15) is 0 Å². The molecule has 0 amide bonds. The molecule has 0 aliphatic heterocycles. The van der Waals surface area contributed by atoms with E-state index in [9.17, 15) is 13.2 Å². The molecule has 0 saturated carbocycles. The van der Waals surface area contributed by atoms with Crippen molar-refractivity contribution >= 4 is 16.1 Å². The van der Waals surface area contributed by atoms with Crippen molar-refractivity contribution in [2.75, 3.05) is 5.75 Å². The SMILES string of the molecule is O=C(CS(=O)(=O)O)[O][Hg]. The Morgan fingerprint density at radius 2 is 2.11 bits per heavy atom. The van der Waals surface area contributed by atoms with Crippen LogP contribution in [-0.4, -0.2) is 24.7 Å². The molecular formula is C2H3HgO5S. The van der Waals surface area contributed by atoms with E-state index in [1.54, 1.807) is 0 Å². The van der Waals surface area contributed by atoms with Gasteiger partial charge in [-0.1, -0.05) is 0 Å². The van der Waals surface area contributed by atoms with Crippen molar-refractivity contribution in [1.29, 1.82) is 0 Å². The molecule has 0 radical (unpaired) electrons. The average Bonchev–Trinajstić information content (AvgIpc) is 1.62. The third-order valence-corrected chi connectivity index (χ3v) is 2.31. The van der Waals surface area contributed by atoms with Gasteiger partial charge in [-0.05, 0) is 0 Å². The van der Waals surface area contributed by atoms with E-state index in [0.717, 1.165) is 0 Å². The van der Waals surface area contributed by atoms with Crippen LogP contribution in [0.4, 0.5) is 0 Å². The maximum atomic E-state index is 10.1. The zero-order valence-electron chi connectivity index (χ0n) is 4.40. The van der Waals surface area contributed by atoms with E-state index in [0.29, 0.717) is 0 Å². The van der Waals surface area contributed by atoms with Crippen molar-refractivity contribution in [1.82, 2.24) is 0 Å². The van der Waals surface area contributed by atoms with E-state index in [-0.39, 0.29) is 26.6 Å². The Labute approximate surface area is 68.8 Å². The number of hydrogen-bond donors (Lipinski definition) is 1. The Balaban J connectivity index is 3.91. The molecule has 0 aliphatic carbocycles. The summed E-state index contributed by atoms with van der Waals surface area (Å²) < 4.78 is 31.9. The summed E-state index contributed by atoms with van der Waals surface area (Å²) in [6.45, 7) is 0. The quantitative estimate of drug-likeness (QED) is 0.509. The van der Waals surface area contributed by atoms with Crippen LogP contribution in [0.5, 0.6) is 0 Å². The van der Waals surface area contributed by atoms with Crippen LogP contribution in [-0.2, 0) is 44.1 Å². The Morgan fingerprint density at radius 1 is 1.67 bits per heavy atom. The summed E-state index contributed by atoms with van der Waals surface area (Å²) >= 11 is -0.217. The third kappa shape index (κ3) is 6.20. The van der Waals surface area contributed by atoms with E-state index in [1.165, 1.54) is 0 Å². The first-order valence-electron chi connectivity index (χ1n) is 1.86. The molecule has 0 atom stereocenters. The Bertz CT molecular complexity index is 193. The van der Waals surface area contributed by atoms with Crippen LogP contribution in [0.3, 0.4) is 0 Å². The van der Waals surface area contributed by atoms with E-state index in [1.807, 2.05) is 0 Å². The second-order valence-corrected chi connectivity index (χ2v) is 3.82. The molecular weight excluding hydrogens is 337 g/mol. The predicted octanol–water partition coefficient (Wildman–Crippen LogP) is -1.12. The Kier molecular flexibility index (Phi) is 3.60. The minimum absolute atomic E-state index is 0.217. The van der Waals surface area contributed by atoms with Crippen molar-refractivity contribution in [2.24, 2.45) is 0 Å². The first kappa shape index (κ1) is 9.32. The van der Waals surface area contributed by atoms with Gasteiger partial charge in [-0.25, -0.2) is 0 Å². The minimum atomic E-state index is -4.18. The Morgan fingerprint density at radius 3 is 2.22 bits per heavy atom. The van der Waals surface area contributed by atoms with Gasteiger partial charge in [-0.3, -0.25) is 0 Å². The van der Waals surface area contributed by atoms with Crippen LogP contribution in [0, 0.1) is 0 Å². The predicted molar refractivity (Wildman–Crippen MR) is 22.5 cm³/mol. The van der Waals surface area contributed by atoms with E-state index >= 15 is 0 Å². The van der Waals surface area contributed by atoms with Crippen molar-refractivity contribution < 1.29 is 47.0 Å². The standard InChI is InChI=1S/C2H4O5S.Hg/c3-2(4)1-8(5,6)7;/h1H2,(H,3,4)(H,5,6,7);/q;+1/p-1. The van der Waals surface area contributed by atoms with Gasteiger partial charge in [0, 0.05) is 0 Å². The summed E-state index contributed by atoms with van der Waals surface area (Å²) in [6.07, 6.45) is 0. The van der Waals surface area contributed by atoms with Gasteiger partial charge in [0.15, 0.2) is 0 Å². The van der Waals surface area contributed by atoms with Gasteiger partial charge in [-0.2, -0.15) is 0 Å². The van der Waals surface area contributed by atoms with Crippen LogP contribution < -0.4 is 0 Å². The van der Waals surface area contributed by atoms with Crippen molar-refractivity contribution in [3.8, 4) is 0 Å². The van der Waals surface area contributed by atoms with E-state index in [2.05, 4.69) is 2.64 Å². The van der Waals surface area contributed by atoms with Crippen molar-refractivity contribution in [3.63, 3.8) is 0 Å². The number of carbonyl (C=O) groups is 1. The molecule has 49 valence electrons. The normalized spacial score (nSPS) is 11.0. The molecule has 5 nitrogen and oxygen atoms in total. The zero-order chi connectivity index (χ0) is 7.49. The average molecular weight is 340 g/mol. The molecule has 0 aromatic heterocycles. The topological polar surface area (TPSA) is 80.7 Å². The van der Waals surface area contributed by atoms with Crippen LogP contribution >= 0.6 is 0 Å². The first-order chi connectivity index (χ1) is 3.95. The van der Waals surface area contributed by atoms with Gasteiger partial charge >= 0.3 is 68.8 Å². The summed E-state index contributed by atoms with van der Waals surface area (Å²) in [7, 11) is -4.18. The molecule has 0 aliphatic rings. The zero-order valence-corrected chi connectivity index (χ0v) is 10.7. The Hall–Kier alpha value is 0.315. The molecule has 0 bridgehead atoms. The summed E-state index contributed by atoms with van der Waals surface area (Å²) in [5.74, 6) is -1.82. The maximum absolute atomic E-state index is 10.1. The van der Waals surface area contributed by atoms with Gasteiger partial charge in [0.2, 0.25) is 0 Å². The van der Waals surface area contributed by atoms with Gasteiger partial charge in [0.25, 0.3) is 0 Å². The number of hydrogen-bond acceptors (Lipinski definition) is 4. The first-order valence-corrected chi connectivity index (χ1v) is 5.71. The van der Waals surface area contributed by atoms with Crippen LogP contribution in [0.25, 0.3) is 0 Å². The van der Waals surface area contributed by atoms with E-state index < -0.39 is 21.8 Å². The molecule has 0 spiro atoms. The molecule has 0 aromatic carbocycles. The second-order valence-electron chi connectivity index (χ2n) is 1.24. The third-order valence-electron chi connectivity index (χ3n) is 0.461. The molecule has 7 heteroatoms. The van der Waals surface area contributed by atoms with Crippen molar-refractivity contribution in [2.45, 2.75) is 0 Å². The molecule has 0 heterocycles. The fraction of sp³-hybridized carbons (Fsp3) is 0.500. The van der Waals surface area contributed by atoms with Gasteiger partial charge in [-0.15, -0.1) is 0 Å². The molecule has 0 unspecified atom stereocenters. The summed E-state index contributed by atoms with van der Waals surface area (Å²) in [4.78, 5) is 10.1. The van der Waals surface area contributed by atoms with E-state index in [4.69, 9.17) is 4.55 Å². The second kappa shape index (κ2) is 3.48. The van der Waals surface area contributed by atoms with Crippen LogP contribution in [0.15, 0.2) is 0 Å². The molecule has 0 aromatic rings. The summed E-state index contributed by atoms with van der Waals surface area (Å²) in [6, 6.07) is 0. The fourth-order valence-electron chi connectivity index (χ4n) is 0.191. The number of carbonyl (C=O) groups excluding carboxylic acids is 1. The molecule has 0 saturated heterocycles. The molecule has 0 rings (SSSR count). The monoisotopic (exact) mass is 341 g/mol. The van der Waals surface area contributed by atoms with Gasteiger partial charge < -0.3 is 0 Å². The summed E-state index contributed by atoms with van der Waals surface area (Å²) in [5.41, 5.74) is 0. The fourth-order valence-corrected chi connectivity index (χ4v) is 1.54. The molecule has 0 fully saturated rings. The van der Waals surface area contributed by atoms with Gasteiger partial charge in [0.1, 0.15) is 0 Å². The summed E-state index contributed by atoms with van der Waals surface area (Å²) in [5, 5.41) is 0. The molecule has 9 heavy (non-hydrogen) atoms. The van der Waals surface area contributed by atoms with Gasteiger partial charge in [0.05, 0.1) is 0 Å². The van der Waals surface area contributed by atoms with Crippen molar-refractivity contribution in [3.05, 3.63) is 0 Å². The molecule has 1 N–H and O–H groups in total.